The third-order valence-corrected chi connectivity index (χ3v) is 5.76. The first-order valence-electron chi connectivity index (χ1n) is 11.1. The molecule has 0 spiro atoms. The van der Waals surface area contributed by atoms with Crippen molar-refractivity contribution < 1.29 is 19.4 Å². The number of rotatable bonds is 10. The number of hydrogen-bond donors (Lipinski definition) is 2. The van der Waals surface area contributed by atoms with E-state index < -0.39 is 0 Å². The molecule has 2 aromatic rings. The third-order valence-electron chi connectivity index (χ3n) is 5.76. The van der Waals surface area contributed by atoms with Gasteiger partial charge in [0, 0.05) is 0 Å². The van der Waals surface area contributed by atoms with Crippen LogP contribution in [-0.2, 0) is 29.0 Å². The molecule has 1 aliphatic heterocycles. The predicted octanol–water partition coefficient (Wildman–Crippen LogP) is 3.59. The Kier molecular flexibility index (Phi) is 7.97. The van der Waals surface area contributed by atoms with Gasteiger partial charge in [-0.2, -0.15) is 0 Å². The van der Waals surface area contributed by atoms with E-state index in [2.05, 4.69) is 43.8 Å². The Hall–Kier alpha value is -2.79. The molecule has 0 saturated heterocycles. The summed E-state index contributed by atoms with van der Waals surface area (Å²) in [7, 11) is 0. The summed E-state index contributed by atoms with van der Waals surface area (Å²) in [5.74, 6) is 4.02. The van der Waals surface area contributed by atoms with E-state index in [1.807, 2.05) is 32.8 Å². The molecule has 0 saturated carbocycles. The number of hydrogen-bond acceptors (Lipinski definition) is 5. The standard InChI is InChI=1S/C25H31B2NO4/c1-16(2)32-18(4)23(29)13-27(5)24-9-6-19(12-26-24)14-28-11-10-20-7-8-21-22(17(20)3)15-31-25(21)30/h6-9,12-13,16,28-29H,4,10-11,14-15H2,1-3,5H3/b23-13+. The van der Waals surface area contributed by atoms with Crippen LogP contribution in [0.25, 0.3) is 0 Å². The minimum atomic E-state index is -0.218. The van der Waals surface area contributed by atoms with E-state index >= 15 is 0 Å². The van der Waals surface area contributed by atoms with Gasteiger partial charge >= 0.3 is 192 Å². The average Bonchev–Trinajstić information content (AvgIpc) is 3.14. The predicted molar refractivity (Wildman–Crippen MR) is 131 cm³/mol. The van der Waals surface area contributed by atoms with Gasteiger partial charge in [0.05, 0.1) is 0 Å². The van der Waals surface area contributed by atoms with Crippen LogP contribution in [-0.4, -0.2) is 37.3 Å². The number of nitrogens with one attached hydrogen (secondary N) is 1. The van der Waals surface area contributed by atoms with E-state index in [4.69, 9.17) is 9.47 Å². The van der Waals surface area contributed by atoms with Crippen LogP contribution < -0.4 is 10.7 Å². The molecule has 2 heterocycles. The van der Waals surface area contributed by atoms with Crippen molar-refractivity contribution in [2.75, 3.05) is 6.54 Å². The Labute approximate surface area is 191 Å². The van der Waals surface area contributed by atoms with Gasteiger partial charge < -0.3 is 0 Å². The number of carbonyl (C=O) groups is 1. The van der Waals surface area contributed by atoms with E-state index in [-0.39, 0.29) is 24.5 Å². The first-order chi connectivity index (χ1) is 15.3. The van der Waals surface area contributed by atoms with Crippen LogP contribution >= 0.6 is 0 Å². The van der Waals surface area contributed by atoms with Crippen molar-refractivity contribution in [3.8, 4) is 0 Å². The van der Waals surface area contributed by atoms with Crippen LogP contribution in [0, 0.1) is 6.92 Å². The Bertz CT molecular complexity index is 1020. The molecule has 0 bridgehead atoms. The fraction of sp³-hybridized carbons (Fsp3) is 0.360. The van der Waals surface area contributed by atoms with Gasteiger partial charge in [0.1, 0.15) is 0 Å². The summed E-state index contributed by atoms with van der Waals surface area (Å²) in [6.45, 7) is 15.8. The van der Waals surface area contributed by atoms with E-state index in [0.717, 1.165) is 36.0 Å². The molecule has 0 atom stereocenters. The molecule has 1 aliphatic rings. The molecule has 0 radical (unpaired) electrons. The van der Waals surface area contributed by atoms with Crippen molar-refractivity contribution in [2.24, 2.45) is 0 Å². The minimum absolute atomic E-state index is 0.0232. The SMILES string of the molecule is C=C(OC(C)C)/C(O)=C\B(C)c1bcc(CNCCc2ccc3c(c2C)COC3=O)cc1. The van der Waals surface area contributed by atoms with E-state index in [1.165, 1.54) is 11.1 Å². The Balaban J connectivity index is 1.49. The summed E-state index contributed by atoms with van der Waals surface area (Å²) in [5, 5.41) is 14.8. The quantitative estimate of drug-likeness (QED) is 0.198. The van der Waals surface area contributed by atoms with Crippen LogP contribution in [0.15, 0.2) is 54.3 Å². The molecule has 32 heavy (non-hydrogen) atoms. The molecule has 0 amide bonds. The number of cyclic esters (lactones) is 1. The van der Waals surface area contributed by atoms with Crippen LogP contribution in [0.5, 0.6) is 0 Å². The zero-order chi connectivity index (χ0) is 23.3. The second-order valence-electron chi connectivity index (χ2n) is 8.55. The van der Waals surface area contributed by atoms with Crippen molar-refractivity contribution in [1.82, 2.24) is 5.32 Å². The zero-order valence-electron chi connectivity index (χ0n) is 19.4. The maximum atomic E-state index is 11.7. The molecular weight excluding hydrogens is 400 g/mol. The summed E-state index contributed by atoms with van der Waals surface area (Å²) in [4.78, 5) is 11.7. The van der Waals surface area contributed by atoms with Gasteiger partial charge in [-0.1, -0.05) is 0 Å². The number of ether oxygens (including phenoxy) is 2. The van der Waals surface area contributed by atoms with Gasteiger partial charge in [0.15, 0.2) is 0 Å². The average molecular weight is 431 g/mol. The number of benzene rings is 1. The summed E-state index contributed by atoms with van der Waals surface area (Å²) in [6, 6.07) is 8.09. The molecular formula is C25H31B2NO4. The molecule has 1 aromatic heterocycles. The molecule has 3 rings (SSSR count). The van der Waals surface area contributed by atoms with Gasteiger partial charge in [-0.3, -0.25) is 0 Å². The summed E-state index contributed by atoms with van der Waals surface area (Å²) >= 11 is 0. The molecule has 2 N–H and O–H groups in total. The Morgan fingerprint density at radius 1 is 1.38 bits per heavy atom. The normalized spacial score (nSPS) is 13.0. The van der Waals surface area contributed by atoms with Gasteiger partial charge in [0.25, 0.3) is 0 Å². The fourth-order valence-electron chi connectivity index (χ4n) is 3.83. The monoisotopic (exact) mass is 431 g/mol. The van der Waals surface area contributed by atoms with Crippen LogP contribution in [0.2, 0.25) is 6.82 Å². The van der Waals surface area contributed by atoms with Crippen LogP contribution in [0.3, 0.4) is 0 Å². The number of aliphatic hydroxyl groups excluding tert-OH is 1. The number of aliphatic hydroxyl groups is 1. The number of carbonyl (C=O) groups excluding carboxylic acids is 1. The molecule has 7 heteroatoms. The van der Waals surface area contributed by atoms with E-state index in [0.29, 0.717) is 17.9 Å². The van der Waals surface area contributed by atoms with Crippen molar-refractivity contribution in [1.29, 1.82) is 0 Å². The molecule has 0 unspecified atom stereocenters. The van der Waals surface area contributed by atoms with Gasteiger partial charge in [-0.05, 0) is 0 Å². The van der Waals surface area contributed by atoms with Crippen molar-refractivity contribution in [2.45, 2.75) is 53.3 Å². The Morgan fingerprint density at radius 2 is 2.16 bits per heavy atom. The van der Waals surface area contributed by atoms with Crippen molar-refractivity contribution in [3.05, 3.63) is 82.1 Å². The van der Waals surface area contributed by atoms with Gasteiger partial charge in [0.2, 0.25) is 0 Å². The van der Waals surface area contributed by atoms with Crippen molar-refractivity contribution >= 4 is 25.0 Å². The Morgan fingerprint density at radius 3 is 2.84 bits per heavy atom. The second-order valence-corrected chi connectivity index (χ2v) is 8.55. The molecule has 0 fully saturated rings. The van der Waals surface area contributed by atoms with E-state index in [1.54, 1.807) is 5.98 Å². The maximum absolute atomic E-state index is 11.7. The first kappa shape index (κ1) is 23.9. The number of fused-ring (bicyclic) bond motifs is 1. The van der Waals surface area contributed by atoms with Gasteiger partial charge in [-0.25, -0.2) is 0 Å². The molecule has 5 nitrogen and oxygen atoms in total. The van der Waals surface area contributed by atoms with E-state index in [9.17, 15) is 9.90 Å². The number of esters is 1. The molecule has 0 aliphatic carbocycles. The topological polar surface area (TPSA) is 67.8 Å². The summed E-state index contributed by atoms with van der Waals surface area (Å²) < 4.78 is 10.6. The fourth-order valence-corrected chi connectivity index (χ4v) is 3.83. The summed E-state index contributed by atoms with van der Waals surface area (Å²) in [6.07, 6.45) is 0.874. The van der Waals surface area contributed by atoms with Crippen LogP contribution in [0.4, 0.5) is 0 Å². The zero-order valence-corrected chi connectivity index (χ0v) is 19.4. The summed E-state index contributed by atoms with van der Waals surface area (Å²) in [5.41, 5.74) is 5.33. The van der Waals surface area contributed by atoms with Gasteiger partial charge in [-0.15, -0.1) is 0 Å². The molecule has 1 aromatic carbocycles. The second kappa shape index (κ2) is 10.7. The first-order valence-corrected chi connectivity index (χ1v) is 11.1. The van der Waals surface area contributed by atoms with Crippen LogP contribution in [0.1, 0.15) is 46.5 Å². The molecule has 166 valence electrons. The third kappa shape index (κ3) is 5.92. The van der Waals surface area contributed by atoms with Crippen molar-refractivity contribution in [3.63, 3.8) is 0 Å².